The summed E-state index contributed by atoms with van der Waals surface area (Å²) in [5.41, 5.74) is 2.68. The molecule has 2 aromatic carbocycles. The van der Waals surface area contributed by atoms with Crippen LogP contribution in [0, 0.1) is 18.8 Å². The lowest BCUT2D eigenvalue weighted by Crippen LogP contribution is -2.35. The van der Waals surface area contributed by atoms with Crippen LogP contribution in [0.3, 0.4) is 0 Å². The minimum absolute atomic E-state index is 0.0520. The highest BCUT2D eigenvalue weighted by Gasteiger charge is 2.30. The van der Waals surface area contributed by atoms with Crippen LogP contribution in [0.15, 0.2) is 54.6 Å². The van der Waals surface area contributed by atoms with Crippen LogP contribution < -0.4 is 4.74 Å². The van der Waals surface area contributed by atoms with Gasteiger partial charge in [0.25, 0.3) is 0 Å². The van der Waals surface area contributed by atoms with Crippen molar-refractivity contribution >= 4 is 17.5 Å². The zero-order chi connectivity index (χ0) is 22.0. The summed E-state index contributed by atoms with van der Waals surface area (Å²) in [5.74, 6) is 2.02. The molecule has 5 nitrogen and oxygen atoms in total. The largest absolute Gasteiger partial charge is 0.439 e. The number of hydrogen-bond donors (Lipinski definition) is 0. The van der Waals surface area contributed by atoms with E-state index in [1.807, 2.05) is 72.8 Å². The number of nitrogens with zero attached hydrogens (tertiary/aromatic N) is 3. The Bertz CT molecular complexity index is 1040. The molecule has 1 aromatic heterocycles. The van der Waals surface area contributed by atoms with Crippen LogP contribution in [-0.4, -0.2) is 27.1 Å². The zero-order valence-electron chi connectivity index (χ0n) is 18.2. The number of hydrogen-bond acceptors (Lipinski definition) is 3. The maximum Gasteiger partial charge on any atom is 0.227 e. The monoisotopic (exact) mass is 437 g/mol. The average Bonchev–Trinajstić information content (AvgIpc) is 3.54. The van der Waals surface area contributed by atoms with Crippen LogP contribution in [0.5, 0.6) is 11.6 Å². The number of para-hydroxylation sites is 1. The Balaban J connectivity index is 1.73. The van der Waals surface area contributed by atoms with Crippen LogP contribution in [0.25, 0.3) is 5.69 Å². The molecule has 1 fully saturated rings. The van der Waals surface area contributed by atoms with Crippen molar-refractivity contribution in [3.8, 4) is 17.3 Å². The van der Waals surface area contributed by atoms with Gasteiger partial charge in [0.2, 0.25) is 11.8 Å². The molecule has 1 heterocycles. The molecular formula is C25H28ClN3O2. The molecule has 0 unspecified atom stereocenters. The minimum Gasteiger partial charge on any atom is -0.439 e. The Morgan fingerprint density at radius 2 is 1.84 bits per heavy atom. The third-order valence-corrected chi connectivity index (χ3v) is 5.75. The fourth-order valence-corrected chi connectivity index (χ4v) is 3.71. The molecule has 0 aliphatic heterocycles. The predicted molar refractivity (Wildman–Crippen MR) is 123 cm³/mol. The molecule has 1 saturated carbocycles. The maximum atomic E-state index is 12.9. The minimum atomic E-state index is -0.0520. The van der Waals surface area contributed by atoms with Gasteiger partial charge in [-0.1, -0.05) is 43.6 Å². The van der Waals surface area contributed by atoms with Gasteiger partial charge in [-0.15, -0.1) is 0 Å². The van der Waals surface area contributed by atoms with E-state index in [-0.39, 0.29) is 11.8 Å². The smallest absolute Gasteiger partial charge is 0.227 e. The molecule has 4 rings (SSSR count). The van der Waals surface area contributed by atoms with E-state index < -0.39 is 0 Å². The van der Waals surface area contributed by atoms with Gasteiger partial charge in [-0.3, -0.25) is 4.79 Å². The molecule has 31 heavy (non-hydrogen) atoms. The van der Waals surface area contributed by atoms with E-state index in [1.54, 1.807) is 12.1 Å². The molecule has 162 valence electrons. The van der Waals surface area contributed by atoms with Crippen molar-refractivity contribution in [3.63, 3.8) is 0 Å². The van der Waals surface area contributed by atoms with Crippen molar-refractivity contribution in [2.75, 3.05) is 6.54 Å². The van der Waals surface area contributed by atoms with Crippen LogP contribution in [-0.2, 0) is 11.3 Å². The van der Waals surface area contributed by atoms with E-state index in [2.05, 4.69) is 0 Å². The second-order valence-electron chi connectivity index (χ2n) is 8.49. The summed E-state index contributed by atoms with van der Waals surface area (Å²) >= 11 is 6.05. The van der Waals surface area contributed by atoms with Crippen molar-refractivity contribution in [2.45, 2.75) is 40.2 Å². The average molecular weight is 438 g/mol. The van der Waals surface area contributed by atoms with Crippen molar-refractivity contribution in [2.24, 2.45) is 11.8 Å². The fourth-order valence-electron chi connectivity index (χ4n) is 3.58. The van der Waals surface area contributed by atoms with E-state index in [0.717, 1.165) is 23.5 Å². The molecule has 0 saturated heterocycles. The van der Waals surface area contributed by atoms with E-state index in [1.165, 1.54) is 12.8 Å². The number of carbonyl (C=O) groups excluding carboxylic acids is 1. The van der Waals surface area contributed by atoms with Crippen LogP contribution >= 0.6 is 11.6 Å². The summed E-state index contributed by atoms with van der Waals surface area (Å²) in [4.78, 5) is 14.9. The van der Waals surface area contributed by atoms with Crippen molar-refractivity contribution in [1.82, 2.24) is 14.7 Å². The van der Waals surface area contributed by atoms with Gasteiger partial charge in [0, 0.05) is 17.5 Å². The van der Waals surface area contributed by atoms with Crippen molar-refractivity contribution < 1.29 is 9.53 Å². The molecule has 0 N–H and O–H groups in total. The highest BCUT2D eigenvalue weighted by atomic mass is 35.5. The molecule has 3 aromatic rings. The summed E-state index contributed by atoms with van der Waals surface area (Å²) in [5, 5.41) is 5.43. The summed E-state index contributed by atoms with van der Waals surface area (Å²) in [6, 6.07) is 17.2. The molecule has 6 heteroatoms. The second kappa shape index (κ2) is 9.15. The fraction of sp³-hybridized carbons (Fsp3) is 0.360. The molecular weight excluding hydrogens is 410 g/mol. The Hall–Kier alpha value is -2.79. The van der Waals surface area contributed by atoms with Crippen LogP contribution in [0.1, 0.15) is 37.9 Å². The lowest BCUT2D eigenvalue weighted by molar-refractivity contribution is -0.135. The van der Waals surface area contributed by atoms with E-state index in [0.29, 0.717) is 29.1 Å². The van der Waals surface area contributed by atoms with Crippen LogP contribution in [0.2, 0.25) is 5.02 Å². The number of amides is 1. The standard InChI is InChI=1S/C25H28ClN3O2/c1-17(2)24(30)28(15-19-9-10-19)16-23-18(3)27-29(21-7-5-4-6-8-21)25(23)31-22-13-11-20(26)12-14-22/h4-8,11-14,17,19H,9-10,15-16H2,1-3H3. The van der Waals surface area contributed by atoms with E-state index >= 15 is 0 Å². The van der Waals surface area contributed by atoms with Crippen LogP contribution in [0.4, 0.5) is 0 Å². The summed E-state index contributed by atoms with van der Waals surface area (Å²) in [6.45, 7) is 7.14. The van der Waals surface area contributed by atoms with Gasteiger partial charge >= 0.3 is 0 Å². The number of aryl methyl sites for hydroxylation is 1. The van der Waals surface area contributed by atoms with E-state index in [4.69, 9.17) is 21.4 Å². The molecule has 1 aliphatic rings. The second-order valence-corrected chi connectivity index (χ2v) is 8.93. The highest BCUT2D eigenvalue weighted by molar-refractivity contribution is 6.30. The van der Waals surface area contributed by atoms with Gasteiger partial charge in [0.05, 0.1) is 23.5 Å². The van der Waals surface area contributed by atoms with Gasteiger partial charge in [-0.25, -0.2) is 4.68 Å². The number of rotatable bonds is 8. The summed E-state index contributed by atoms with van der Waals surface area (Å²) in [7, 11) is 0. The first-order valence-corrected chi connectivity index (χ1v) is 11.2. The third-order valence-electron chi connectivity index (χ3n) is 5.50. The molecule has 1 amide bonds. The van der Waals surface area contributed by atoms with Crippen molar-refractivity contribution in [1.29, 1.82) is 0 Å². The quantitative estimate of drug-likeness (QED) is 0.432. The van der Waals surface area contributed by atoms with Crippen molar-refractivity contribution in [3.05, 3.63) is 70.9 Å². The Morgan fingerprint density at radius 3 is 2.45 bits per heavy atom. The number of benzene rings is 2. The molecule has 0 spiro atoms. The van der Waals surface area contributed by atoms with Gasteiger partial charge < -0.3 is 9.64 Å². The lowest BCUT2D eigenvalue weighted by atomic mass is 10.1. The van der Waals surface area contributed by atoms with Gasteiger partial charge in [0.15, 0.2) is 0 Å². The number of aromatic nitrogens is 2. The topological polar surface area (TPSA) is 47.4 Å². The number of ether oxygens (including phenoxy) is 1. The molecule has 0 atom stereocenters. The Morgan fingerprint density at radius 1 is 1.16 bits per heavy atom. The number of carbonyl (C=O) groups is 1. The molecule has 1 aliphatic carbocycles. The SMILES string of the molecule is Cc1nn(-c2ccccc2)c(Oc2ccc(Cl)cc2)c1CN(CC1CC1)C(=O)C(C)C. The number of halogens is 1. The normalized spacial score (nSPS) is 13.5. The first-order chi connectivity index (χ1) is 14.9. The molecule has 0 radical (unpaired) electrons. The zero-order valence-corrected chi connectivity index (χ0v) is 19.0. The Kier molecular flexibility index (Phi) is 6.33. The van der Waals surface area contributed by atoms with Gasteiger partial charge in [0.1, 0.15) is 5.75 Å². The lowest BCUT2D eigenvalue weighted by Gasteiger charge is -2.25. The first-order valence-electron chi connectivity index (χ1n) is 10.8. The molecule has 0 bridgehead atoms. The highest BCUT2D eigenvalue weighted by Crippen LogP contribution is 2.35. The summed E-state index contributed by atoms with van der Waals surface area (Å²) in [6.07, 6.45) is 2.39. The summed E-state index contributed by atoms with van der Waals surface area (Å²) < 4.78 is 8.15. The van der Waals surface area contributed by atoms with E-state index in [9.17, 15) is 4.79 Å². The third kappa shape index (κ3) is 5.10. The Labute approximate surface area is 188 Å². The van der Waals surface area contributed by atoms with Gasteiger partial charge in [-0.05, 0) is 62.1 Å². The maximum absolute atomic E-state index is 12.9. The predicted octanol–water partition coefficient (Wildman–Crippen LogP) is 6.02. The van der Waals surface area contributed by atoms with Gasteiger partial charge in [-0.2, -0.15) is 5.10 Å². The first kappa shape index (κ1) is 21.4.